The SMILES string of the molecule is N#Cc1cc(Nc2cc(Br)cs2)nc(=O)[nH]1. The maximum atomic E-state index is 11.1. The number of aromatic amines is 1. The largest absolute Gasteiger partial charge is 0.347 e. The molecule has 16 heavy (non-hydrogen) atoms. The molecule has 0 aliphatic rings. The van der Waals surface area contributed by atoms with E-state index in [1.807, 2.05) is 17.5 Å². The van der Waals surface area contributed by atoms with Crippen LogP contribution in [0.2, 0.25) is 0 Å². The number of anilines is 2. The van der Waals surface area contributed by atoms with Crippen LogP contribution >= 0.6 is 27.3 Å². The lowest BCUT2D eigenvalue weighted by Crippen LogP contribution is -2.13. The van der Waals surface area contributed by atoms with E-state index in [1.54, 1.807) is 0 Å². The number of aromatic nitrogens is 2. The van der Waals surface area contributed by atoms with Gasteiger partial charge in [0.2, 0.25) is 0 Å². The third kappa shape index (κ3) is 2.48. The van der Waals surface area contributed by atoms with Crippen molar-refractivity contribution in [3.63, 3.8) is 0 Å². The Kier molecular flexibility index (Phi) is 3.03. The van der Waals surface area contributed by atoms with Crippen molar-refractivity contribution in [3.8, 4) is 6.07 Å². The molecule has 0 radical (unpaired) electrons. The highest BCUT2D eigenvalue weighted by molar-refractivity contribution is 9.10. The number of thiophene rings is 1. The smallest absolute Gasteiger partial charge is 0.332 e. The molecule has 0 saturated carbocycles. The van der Waals surface area contributed by atoms with E-state index in [0.29, 0.717) is 5.82 Å². The zero-order valence-corrected chi connectivity index (χ0v) is 10.2. The second-order valence-electron chi connectivity index (χ2n) is 2.85. The lowest BCUT2D eigenvalue weighted by atomic mass is 10.4. The molecule has 0 aliphatic carbocycles. The first-order valence-corrected chi connectivity index (χ1v) is 5.87. The van der Waals surface area contributed by atoms with Gasteiger partial charge < -0.3 is 5.32 Å². The van der Waals surface area contributed by atoms with Gasteiger partial charge in [-0.05, 0) is 22.0 Å². The molecule has 0 fully saturated rings. The predicted octanol–water partition coefficient (Wildman–Crippen LogP) is 2.21. The number of nitrogens with one attached hydrogen (secondary N) is 2. The Balaban J connectivity index is 2.32. The third-order valence-corrected chi connectivity index (χ3v) is 3.29. The van der Waals surface area contributed by atoms with Crippen LogP contribution in [0.25, 0.3) is 0 Å². The number of halogens is 1. The fourth-order valence-electron chi connectivity index (χ4n) is 1.09. The molecule has 5 nitrogen and oxygen atoms in total. The van der Waals surface area contributed by atoms with Gasteiger partial charge in [0, 0.05) is 15.9 Å². The molecule has 0 aliphatic heterocycles. The molecule has 7 heteroatoms. The molecule has 2 N–H and O–H groups in total. The van der Waals surface area contributed by atoms with Crippen LogP contribution < -0.4 is 11.0 Å². The Labute approximate surface area is 103 Å². The van der Waals surface area contributed by atoms with Crippen LogP contribution in [0, 0.1) is 11.3 Å². The molecule has 2 rings (SSSR count). The summed E-state index contributed by atoms with van der Waals surface area (Å²) in [5.74, 6) is 0.356. The summed E-state index contributed by atoms with van der Waals surface area (Å²) in [5.41, 5.74) is -0.365. The highest BCUT2D eigenvalue weighted by atomic mass is 79.9. The van der Waals surface area contributed by atoms with E-state index in [-0.39, 0.29) is 5.69 Å². The molecule has 0 spiro atoms. The Morgan fingerprint density at radius 3 is 3.00 bits per heavy atom. The maximum Gasteiger partial charge on any atom is 0.347 e. The normalized spacial score (nSPS) is 9.75. The zero-order valence-electron chi connectivity index (χ0n) is 7.82. The summed E-state index contributed by atoms with van der Waals surface area (Å²) in [6.45, 7) is 0. The van der Waals surface area contributed by atoms with Gasteiger partial charge in [0.1, 0.15) is 17.6 Å². The Morgan fingerprint density at radius 2 is 2.38 bits per heavy atom. The van der Waals surface area contributed by atoms with E-state index in [2.05, 4.69) is 31.2 Å². The lowest BCUT2D eigenvalue weighted by molar-refractivity contribution is 1.06. The summed E-state index contributed by atoms with van der Waals surface area (Å²) in [7, 11) is 0. The van der Waals surface area contributed by atoms with Crippen molar-refractivity contribution in [3.05, 3.63) is 38.2 Å². The molecule has 0 unspecified atom stereocenters. The topological polar surface area (TPSA) is 81.6 Å². The summed E-state index contributed by atoms with van der Waals surface area (Å²) in [6, 6.07) is 5.20. The Morgan fingerprint density at radius 1 is 1.56 bits per heavy atom. The van der Waals surface area contributed by atoms with Crippen molar-refractivity contribution in [1.29, 1.82) is 5.26 Å². The van der Waals surface area contributed by atoms with E-state index < -0.39 is 5.69 Å². The van der Waals surface area contributed by atoms with E-state index in [4.69, 9.17) is 5.26 Å². The fraction of sp³-hybridized carbons (Fsp3) is 0. The highest BCUT2D eigenvalue weighted by Crippen LogP contribution is 2.26. The number of rotatable bonds is 2. The van der Waals surface area contributed by atoms with Crippen LogP contribution in [0.15, 0.2) is 26.8 Å². The van der Waals surface area contributed by atoms with Crippen molar-refractivity contribution >= 4 is 38.1 Å². The van der Waals surface area contributed by atoms with E-state index in [1.165, 1.54) is 17.4 Å². The zero-order chi connectivity index (χ0) is 11.5. The molecule has 0 amide bonds. The quantitative estimate of drug-likeness (QED) is 0.890. The second-order valence-corrected chi connectivity index (χ2v) is 4.68. The minimum Gasteiger partial charge on any atom is -0.332 e. The first-order valence-electron chi connectivity index (χ1n) is 4.20. The van der Waals surface area contributed by atoms with Gasteiger partial charge in [-0.3, -0.25) is 4.98 Å². The maximum absolute atomic E-state index is 11.1. The standard InChI is InChI=1S/C9H5BrN4OS/c10-5-1-8(16-4-5)13-7-2-6(3-11)12-9(15)14-7/h1-2,4H,(H2,12,13,14,15). The Bertz CT molecular complexity index is 612. The molecular weight excluding hydrogens is 292 g/mol. The summed E-state index contributed by atoms with van der Waals surface area (Å²) in [5, 5.41) is 14.4. The lowest BCUT2D eigenvalue weighted by Gasteiger charge is -2.00. The first kappa shape index (κ1) is 10.9. The Hall–Kier alpha value is -1.65. The van der Waals surface area contributed by atoms with Gasteiger partial charge >= 0.3 is 5.69 Å². The number of nitrogens with zero attached hydrogens (tertiary/aromatic N) is 2. The van der Waals surface area contributed by atoms with Crippen LogP contribution in [0.5, 0.6) is 0 Å². The fourth-order valence-corrected chi connectivity index (χ4v) is 2.41. The van der Waals surface area contributed by atoms with Crippen molar-refractivity contribution < 1.29 is 0 Å². The van der Waals surface area contributed by atoms with Gasteiger partial charge in [-0.25, -0.2) is 4.79 Å². The summed E-state index contributed by atoms with van der Waals surface area (Å²) < 4.78 is 0.949. The van der Waals surface area contributed by atoms with Crippen molar-refractivity contribution in [2.24, 2.45) is 0 Å². The molecular formula is C9H5BrN4OS. The summed E-state index contributed by atoms with van der Waals surface area (Å²) >= 11 is 4.79. The highest BCUT2D eigenvalue weighted by Gasteiger charge is 2.02. The van der Waals surface area contributed by atoms with Gasteiger partial charge in [0.15, 0.2) is 0 Å². The number of H-pyrrole nitrogens is 1. The van der Waals surface area contributed by atoms with E-state index in [0.717, 1.165) is 9.47 Å². The van der Waals surface area contributed by atoms with Crippen LogP contribution in [-0.4, -0.2) is 9.97 Å². The molecule has 2 heterocycles. The van der Waals surface area contributed by atoms with Crippen molar-refractivity contribution in [1.82, 2.24) is 9.97 Å². The van der Waals surface area contributed by atoms with Gasteiger partial charge in [-0.1, -0.05) is 0 Å². The summed E-state index contributed by atoms with van der Waals surface area (Å²) in [4.78, 5) is 17.1. The van der Waals surface area contributed by atoms with Crippen molar-refractivity contribution in [2.45, 2.75) is 0 Å². The van der Waals surface area contributed by atoms with Crippen molar-refractivity contribution in [2.75, 3.05) is 5.32 Å². The monoisotopic (exact) mass is 296 g/mol. The van der Waals surface area contributed by atoms with E-state index >= 15 is 0 Å². The molecule has 2 aromatic heterocycles. The molecule has 0 aromatic carbocycles. The van der Waals surface area contributed by atoms with Gasteiger partial charge in [-0.2, -0.15) is 10.2 Å². The molecule has 2 aromatic rings. The van der Waals surface area contributed by atoms with Gasteiger partial charge in [0.05, 0.1) is 5.00 Å². The predicted molar refractivity (Wildman–Crippen MR) is 64.9 cm³/mol. The van der Waals surface area contributed by atoms with Crippen LogP contribution in [0.3, 0.4) is 0 Å². The van der Waals surface area contributed by atoms with Crippen LogP contribution in [-0.2, 0) is 0 Å². The minimum absolute atomic E-state index is 0.179. The van der Waals surface area contributed by atoms with Gasteiger partial charge in [0.25, 0.3) is 0 Å². The average Bonchev–Trinajstić information content (AvgIpc) is 2.63. The molecule has 0 bridgehead atoms. The average molecular weight is 297 g/mol. The molecule has 80 valence electrons. The number of nitriles is 1. The van der Waals surface area contributed by atoms with Gasteiger partial charge in [-0.15, -0.1) is 11.3 Å². The molecule has 0 atom stereocenters. The van der Waals surface area contributed by atoms with Crippen LogP contribution in [0.1, 0.15) is 5.69 Å². The minimum atomic E-state index is -0.544. The second kappa shape index (κ2) is 4.47. The first-order chi connectivity index (χ1) is 7.67. The molecule has 0 saturated heterocycles. The number of hydrogen-bond acceptors (Lipinski definition) is 5. The van der Waals surface area contributed by atoms with E-state index in [9.17, 15) is 4.79 Å². The van der Waals surface area contributed by atoms with Crippen LogP contribution in [0.4, 0.5) is 10.8 Å². The number of hydrogen-bond donors (Lipinski definition) is 2. The third-order valence-electron chi connectivity index (χ3n) is 1.68. The summed E-state index contributed by atoms with van der Waals surface area (Å²) in [6.07, 6.45) is 0.